The lowest BCUT2D eigenvalue weighted by Gasteiger charge is -2.38. The third-order valence-corrected chi connectivity index (χ3v) is 6.23. The highest BCUT2D eigenvalue weighted by Gasteiger charge is 2.59. The van der Waals surface area contributed by atoms with Crippen LogP contribution in [0.3, 0.4) is 0 Å². The van der Waals surface area contributed by atoms with Gasteiger partial charge in [0.2, 0.25) is 15.9 Å². The Hall–Kier alpha value is -3.19. The standard InChI is InChI=1S/C23H20F5N3O3S2/c1-36(33,34)31-20-8-7-14(10-19(20)25)18(13-35)21(32)30-22(23(26,27)28,16-5-3-9-29-12-16)15-4-2-6-17(24)11-15/h2-12,18,31,35H,13H2,1H3,(H,30,32). The number of hydrogen-bond acceptors (Lipinski definition) is 5. The Morgan fingerprint density at radius 3 is 2.28 bits per heavy atom. The number of halogens is 5. The van der Waals surface area contributed by atoms with Crippen LogP contribution in [0.1, 0.15) is 22.6 Å². The molecule has 0 saturated carbocycles. The Bertz CT molecular complexity index is 1350. The Morgan fingerprint density at radius 2 is 1.75 bits per heavy atom. The first-order valence-electron chi connectivity index (χ1n) is 10.2. The number of alkyl halides is 3. The summed E-state index contributed by atoms with van der Waals surface area (Å²) in [7, 11) is -3.81. The van der Waals surface area contributed by atoms with Crippen molar-refractivity contribution in [3.05, 3.63) is 95.3 Å². The molecule has 1 heterocycles. The number of aromatic nitrogens is 1. The largest absolute Gasteiger partial charge is 0.420 e. The van der Waals surface area contributed by atoms with Crippen molar-refractivity contribution in [2.24, 2.45) is 0 Å². The molecule has 0 bridgehead atoms. The van der Waals surface area contributed by atoms with E-state index in [0.29, 0.717) is 6.07 Å². The predicted octanol–water partition coefficient (Wildman–Crippen LogP) is 4.37. The van der Waals surface area contributed by atoms with E-state index in [-0.39, 0.29) is 11.3 Å². The fourth-order valence-corrected chi connectivity index (χ4v) is 4.60. The number of carbonyl (C=O) groups excluding carboxylic acids is 1. The molecule has 3 rings (SSSR count). The van der Waals surface area contributed by atoms with Gasteiger partial charge < -0.3 is 5.32 Å². The third-order valence-electron chi connectivity index (χ3n) is 5.28. The van der Waals surface area contributed by atoms with E-state index < -0.39 is 62.0 Å². The summed E-state index contributed by atoms with van der Waals surface area (Å²) in [5, 5.41) is 2.00. The molecule has 0 spiro atoms. The minimum absolute atomic E-state index is 0.0550. The molecule has 0 saturated heterocycles. The number of anilines is 1. The molecule has 13 heteroatoms. The third kappa shape index (κ3) is 5.78. The van der Waals surface area contributed by atoms with Gasteiger partial charge in [-0.05, 0) is 41.5 Å². The Balaban J connectivity index is 2.11. The molecule has 0 aliphatic heterocycles. The summed E-state index contributed by atoms with van der Waals surface area (Å²) in [4.78, 5) is 17.0. The molecule has 192 valence electrons. The van der Waals surface area contributed by atoms with Gasteiger partial charge in [0.1, 0.15) is 11.6 Å². The topological polar surface area (TPSA) is 88.2 Å². The quantitative estimate of drug-likeness (QED) is 0.290. The van der Waals surface area contributed by atoms with Gasteiger partial charge in [-0.25, -0.2) is 17.2 Å². The summed E-state index contributed by atoms with van der Waals surface area (Å²) in [6, 6.07) is 9.10. The summed E-state index contributed by atoms with van der Waals surface area (Å²) in [6.45, 7) is 0. The smallest absolute Gasteiger partial charge is 0.334 e. The second kappa shape index (κ2) is 10.4. The van der Waals surface area contributed by atoms with Gasteiger partial charge in [-0.3, -0.25) is 14.5 Å². The lowest BCUT2D eigenvalue weighted by molar-refractivity contribution is -0.190. The predicted molar refractivity (Wildman–Crippen MR) is 127 cm³/mol. The number of sulfonamides is 1. The molecule has 0 fully saturated rings. The van der Waals surface area contributed by atoms with E-state index in [0.717, 1.165) is 48.9 Å². The van der Waals surface area contributed by atoms with Crippen molar-refractivity contribution in [3.63, 3.8) is 0 Å². The normalized spacial score (nSPS) is 14.5. The van der Waals surface area contributed by atoms with Gasteiger partial charge in [0.05, 0.1) is 17.9 Å². The number of amides is 1. The zero-order chi connectivity index (χ0) is 26.7. The van der Waals surface area contributed by atoms with E-state index in [1.807, 2.05) is 10.0 Å². The van der Waals surface area contributed by atoms with Crippen molar-refractivity contribution >= 4 is 34.2 Å². The average molecular weight is 546 g/mol. The van der Waals surface area contributed by atoms with Crippen LogP contribution in [0.5, 0.6) is 0 Å². The van der Waals surface area contributed by atoms with Gasteiger partial charge in [-0.2, -0.15) is 25.8 Å². The molecule has 2 unspecified atom stereocenters. The number of carbonyl (C=O) groups is 1. The Morgan fingerprint density at radius 1 is 1.06 bits per heavy atom. The summed E-state index contributed by atoms with van der Waals surface area (Å²) in [5.41, 5.74) is -4.74. The molecule has 1 aromatic heterocycles. The number of thiol groups is 1. The van der Waals surface area contributed by atoms with Crippen LogP contribution in [-0.4, -0.2) is 37.5 Å². The summed E-state index contributed by atoms with van der Waals surface area (Å²) in [6.07, 6.45) is -2.20. The molecule has 0 radical (unpaired) electrons. The van der Waals surface area contributed by atoms with E-state index in [4.69, 9.17) is 0 Å². The number of pyridine rings is 1. The number of hydrogen-bond donors (Lipinski definition) is 3. The molecule has 0 aliphatic carbocycles. The fraction of sp³-hybridized carbons (Fsp3) is 0.217. The Kier molecular flexibility index (Phi) is 7.94. The van der Waals surface area contributed by atoms with Crippen LogP contribution in [-0.2, 0) is 20.4 Å². The number of nitrogens with zero attached hydrogens (tertiary/aromatic N) is 1. The van der Waals surface area contributed by atoms with Gasteiger partial charge in [-0.15, -0.1) is 0 Å². The fourth-order valence-electron chi connectivity index (χ4n) is 3.66. The van der Waals surface area contributed by atoms with Crippen LogP contribution in [0, 0.1) is 11.6 Å². The molecule has 36 heavy (non-hydrogen) atoms. The summed E-state index contributed by atoms with van der Waals surface area (Å²) < 4.78 is 97.6. The monoisotopic (exact) mass is 545 g/mol. The molecular formula is C23H20F5N3O3S2. The second-order valence-electron chi connectivity index (χ2n) is 7.84. The van der Waals surface area contributed by atoms with E-state index in [9.17, 15) is 35.2 Å². The van der Waals surface area contributed by atoms with Crippen molar-refractivity contribution < 1.29 is 35.2 Å². The van der Waals surface area contributed by atoms with E-state index in [2.05, 4.69) is 17.6 Å². The van der Waals surface area contributed by atoms with E-state index in [1.54, 1.807) is 0 Å². The van der Waals surface area contributed by atoms with Gasteiger partial charge in [-0.1, -0.05) is 24.3 Å². The average Bonchev–Trinajstić information content (AvgIpc) is 2.78. The van der Waals surface area contributed by atoms with Crippen molar-refractivity contribution in [2.45, 2.75) is 17.6 Å². The van der Waals surface area contributed by atoms with Gasteiger partial charge in [0, 0.05) is 23.7 Å². The maximum Gasteiger partial charge on any atom is 0.420 e. The first kappa shape index (κ1) is 27.4. The molecule has 6 nitrogen and oxygen atoms in total. The lowest BCUT2D eigenvalue weighted by atomic mass is 9.81. The molecule has 3 aromatic rings. The van der Waals surface area contributed by atoms with Crippen molar-refractivity contribution in [1.29, 1.82) is 0 Å². The maximum absolute atomic E-state index is 14.8. The van der Waals surface area contributed by atoms with Crippen LogP contribution in [0.4, 0.5) is 27.6 Å². The highest BCUT2D eigenvalue weighted by molar-refractivity contribution is 7.92. The Labute approximate surface area is 209 Å². The van der Waals surface area contributed by atoms with Crippen LogP contribution >= 0.6 is 12.6 Å². The molecule has 2 N–H and O–H groups in total. The van der Waals surface area contributed by atoms with Crippen LogP contribution in [0.25, 0.3) is 0 Å². The van der Waals surface area contributed by atoms with Crippen LogP contribution in [0.15, 0.2) is 67.0 Å². The van der Waals surface area contributed by atoms with Crippen molar-refractivity contribution in [1.82, 2.24) is 10.3 Å². The summed E-state index contributed by atoms with van der Waals surface area (Å²) >= 11 is 4.06. The number of benzene rings is 2. The second-order valence-corrected chi connectivity index (χ2v) is 9.95. The molecule has 2 atom stereocenters. The van der Waals surface area contributed by atoms with Crippen LogP contribution < -0.4 is 10.0 Å². The highest BCUT2D eigenvalue weighted by Crippen LogP contribution is 2.45. The first-order chi connectivity index (χ1) is 16.8. The zero-order valence-electron chi connectivity index (χ0n) is 18.6. The number of rotatable bonds is 8. The molecular weight excluding hydrogens is 525 g/mol. The molecule has 0 aliphatic rings. The maximum atomic E-state index is 14.8. The number of nitrogens with one attached hydrogen (secondary N) is 2. The van der Waals surface area contributed by atoms with Crippen LogP contribution in [0.2, 0.25) is 0 Å². The van der Waals surface area contributed by atoms with Gasteiger partial charge >= 0.3 is 6.18 Å². The molecule has 2 aromatic carbocycles. The minimum atomic E-state index is -5.16. The zero-order valence-corrected chi connectivity index (χ0v) is 20.3. The van der Waals surface area contributed by atoms with Crippen molar-refractivity contribution in [3.8, 4) is 0 Å². The highest BCUT2D eigenvalue weighted by atomic mass is 32.2. The van der Waals surface area contributed by atoms with E-state index >= 15 is 0 Å². The van der Waals surface area contributed by atoms with E-state index in [1.165, 1.54) is 18.3 Å². The lowest BCUT2D eigenvalue weighted by Crippen LogP contribution is -2.58. The van der Waals surface area contributed by atoms with Gasteiger partial charge in [0.25, 0.3) is 0 Å². The summed E-state index contributed by atoms with van der Waals surface area (Å²) in [5.74, 6) is -4.90. The SMILES string of the molecule is CS(=O)(=O)Nc1ccc(C(CS)C(=O)NC(c2cccnc2)(c2cccc(F)c2)C(F)(F)F)cc1F. The first-order valence-corrected chi connectivity index (χ1v) is 12.7. The van der Waals surface area contributed by atoms with Gasteiger partial charge in [0.15, 0.2) is 5.54 Å². The molecule has 1 amide bonds. The van der Waals surface area contributed by atoms with Crippen molar-refractivity contribution in [2.75, 3.05) is 16.7 Å². The minimum Gasteiger partial charge on any atom is -0.334 e.